The number of benzene rings is 3. The molecular weight excluding hydrogens is 611 g/mol. The molecule has 0 aliphatic carbocycles. The number of aryl methyl sites for hydroxylation is 1. The topological polar surface area (TPSA) is 117 Å². The second-order valence-corrected chi connectivity index (χ2v) is 12.1. The van der Waals surface area contributed by atoms with Crippen molar-refractivity contribution in [2.45, 2.75) is 24.8 Å². The Morgan fingerprint density at radius 3 is 2.56 bits per heavy atom. The number of thioether (sulfide) groups is 1. The van der Waals surface area contributed by atoms with Crippen LogP contribution in [0.15, 0.2) is 110 Å². The molecule has 3 aromatic carbocycles. The predicted molar refractivity (Wildman–Crippen MR) is 175 cm³/mol. The van der Waals surface area contributed by atoms with Gasteiger partial charge in [-0.05, 0) is 55.5 Å². The van der Waals surface area contributed by atoms with Crippen molar-refractivity contribution in [1.82, 2.24) is 4.57 Å². The molecule has 5 aromatic rings. The first-order chi connectivity index (χ1) is 21.8. The highest BCUT2D eigenvalue weighted by molar-refractivity contribution is 7.98. The summed E-state index contributed by atoms with van der Waals surface area (Å²) in [7, 11) is 0. The largest absolute Gasteiger partial charge is 0.463 e. The average molecular weight is 638 g/mol. The van der Waals surface area contributed by atoms with Gasteiger partial charge in [-0.15, -0.1) is 11.8 Å². The third-order valence-electron chi connectivity index (χ3n) is 7.40. The monoisotopic (exact) mass is 637 g/mol. The predicted octanol–water partition coefficient (Wildman–Crippen LogP) is 6.13. The maximum Gasteiger partial charge on any atom is 0.338 e. The standard InChI is InChI=1S/C34H27N3O6S2/c1-4-42-33(39)29-30(21-8-6-5-7-9-21)35-34-36(31(29)22-11-15-25(44-3)16-12-22)32(38)28(45-34)19-24-14-17-27(43-24)26-18-23(37(40)41)13-10-20(26)2/h5-19,31H,4H2,1-3H3/b28-19-/t31-/m0/s1. The summed E-state index contributed by atoms with van der Waals surface area (Å²) in [6.07, 6.45) is 3.61. The number of carbonyl (C=O) groups is 1. The summed E-state index contributed by atoms with van der Waals surface area (Å²) >= 11 is 2.79. The molecule has 0 saturated heterocycles. The molecule has 0 amide bonds. The lowest BCUT2D eigenvalue weighted by Gasteiger charge is -2.26. The Kier molecular flexibility index (Phi) is 8.38. The number of hydrogen-bond donors (Lipinski definition) is 0. The number of rotatable bonds is 8. The molecule has 0 fully saturated rings. The van der Waals surface area contributed by atoms with Gasteiger partial charge in [-0.2, -0.15) is 0 Å². The van der Waals surface area contributed by atoms with Crippen LogP contribution >= 0.6 is 23.1 Å². The molecule has 6 rings (SSSR count). The molecule has 11 heteroatoms. The third-order valence-corrected chi connectivity index (χ3v) is 9.13. The molecule has 0 spiro atoms. The number of hydrogen-bond acceptors (Lipinski definition) is 9. The average Bonchev–Trinajstić information content (AvgIpc) is 3.64. The van der Waals surface area contributed by atoms with Crippen LogP contribution in [0.2, 0.25) is 0 Å². The number of esters is 1. The number of nitrogens with zero attached hydrogens (tertiary/aromatic N) is 3. The van der Waals surface area contributed by atoms with Crippen molar-refractivity contribution in [3.63, 3.8) is 0 Å². The van der Waals surface area contributed by atoms with Crippen molar-refractivity contribution in [1.29, 1.82) is 0 Å². The molecule has 45 heavy (non-hydrogen) atoms. The highest BCUT2D eigenvalue weighted by Gasteiger charge is 2.35. The molecular formula is C34H27N3O6S2. The molecule has 0 unspecified atom stereocenters. The number of furan rings is 1. The molecule has 0 saturated carbocycles. The maximum atomic E-state index is 14.1. The fourth-order valence-corrected chi connectivity index (χ4v) is 6.62. The van der Waals surface area contributed by atoms with Gasteiger partial charge in [0.2, 0.25) is 0 Å². The van der Waals surface area contributed by atoms with Crippen LogP contribution in [0.4, 0.5) is 5.69 Å². The molecule has 1 atom stereocenters. The van der Waals surface area contributed by atoms with Crippen molar-refractivity contribution < 1.29 is 18.9 Å². The Balaban J connectivity index is 1.54. The first kappa shape index (κ1) is 30.0. The van der Waals surface area contributed by atoms with E-state index in [2.05, 4.69) is 0 Å². The van der Waals surface area contributed by atoms with Gasteiger partial charge in [0.05, 0.1) is 33.4 Å². The molecule has 226 valence electrons. The Morgan fingerprint density at radius 2 is 1.87 bits per heavy atom. The molecule has 1 aliphatic rings. The van der Waals surface area contributed by atoms with Gasteiger partial charge < -0.3 is 9.15 Å². The molecule has 9 nitrogen and oxygen atoms in total. The minimum Gasteiger partial charge on any atom is -0.463 e. The fraction of sp³-hybridized carbons (Fsp3) is 0.147. The lowest BCUT2D eigenvalue weighted by Crippen LogP contribution is -2.40. The van der Waals surface area contributed by atoms with Crippen molar-refractivity contribution >= 4 is 46.5 Å². The van der Waals surface area contributed by atoms with Crippen LogP contribution < -0.4 is 14.9 Å². The number of ether oxygens (including phenoxy) is 1. The van der Waals surface area contributed by atoms with E-state index in [0.29, 0.717) is 32.1 Å². The second kappa shape index (κ2) is 12.5. The summed E-state index contributed by atoms with van der Waals surface area (Å²) in [6.45, 7) is 3.75. The molecule has 3 heterocycles. The Hall–Kier alpha value is -5.00. The Bertz CT molecular complexity index is 2140. The van der Waals surface area contributed by atoms with E-state index >= 15 is 0 Å². The van der Waals surface area contributed by atoms with Crippen LogP contribution in [-0.2, 0) is 9.53 Å². The number of non-ortho nitro benzene ring substituents is 1. The van der Waals surface area contributed by atoms with Crippen molar-refractivity contribution in [2.75, 3.05) is 12.9 Å². The summed E-state index contributed by atoms with van der Waals surface area (Å²) in [5, 5.41) is 11.3. The van der Waals surface area contributed by atoms with E-state index in [1.807, 2.05) is 67.8 Å². The molecule has 1 aliphatic heterocycles. The van der Waals surface area contributed by atoms with Gasteiger partial charge in [0.25, 0.3) is 11.2 Å². The van der Waals surface area contributed by atoms with Crippen LogP contribution in [0, 0.1) is 17.0 Å². The molecule has 0 radical (unpaired) electrons. The van der Waals surface area contributed by atoms with Crippen LogP contribution in [0.1, 0.15) is 35.4 Å². The minimum absolute atomic E-state index is 0.0425. The first-order valence-corrected chi connectivity index (χ1v) is 16.1. The van der Waals surface area contributed by atoms with Gasteiger partial charge in [0, 0.05) is 34.2 Å². The smallest absolute Gasteiger partial charge is 0.338 e. The summed E-state index contributed by atoms with van der Waals surface area (Å²) in [5.41, 5.74) is 3.22. The van der Waals surface area contributed by atoms with E-state index in [1.54, 1.807) is 43.0 Å². The summed E-state index contributed by atoms with van der Waals surface area (Å²) in [5.74, 6) is 0.296. The number of thiazole rings is 1. The summed E-state index contributed by atoms with van der Waals surface area (Å²) in [4.78, 5) is 45.0. The van der Waals surface area contributed by atoms with E-state index in [-0.39, 0.29) is 23.4 Å². The first-order valence-electron chi connectivity index (χ1n) is 14.1. The lowest BCUT2D eigenvalue weighted by molar-refractivity contribution is -0.384. The number of carbonyl (C=O) groups excluding carboxylic acids is 1. The van der Waals surface area contributed by atoms with Crippen molar-refractivity contribution in [2.24, 2.45) is 4.99 Å². The van der Waals surface area contributed by atoms with E-state index in [0.717, 1.165) is 21.6 Å². The van der Waals surface area contributed by atoms with E-state index in [9.17, 15) is 19.7 Å². The Labute approximate surface area is 266 Å². The minimum atomic E-state index is -0.784. The maximum absolute atomic E-state index is 14.1. The highest BCUT2D eigenvalue weighted by atomic mass is 32.2. The number of nitro groups is 1. The summed E-state index contributed by atoms with van der Waals surface area (Å²) < 4.78 is 13.5. The quantitative estimate of drug-likeness (QED) is 0.0869. The van der Waals surface area contributed by atoms with Gasteiger partial charge in [0.1, 0.15) is 11.5 Å². The number of fused-ring (bicyclic) bond motifs is 1. The number of nitro benzene ring substituents is 1. The Morgan fingerprint density at radius 1 is 1.11 bits per heavy atom. The van der Waals surface area contributed by atoms with E-state index in [4.69, 9.17) is 14.1 Å². The van der Waals surface area contributed by atoms with Gasteiger partial charge in [-0.3, -0.25) is 19.5 Å². The highest BCUT2D eigenvalue weighted by Crippen LogP contribution is 2.36. The molecule has 0 N–H and O–H groups in total. The zero-order chi connectivity index (χ0) is 31.7. The normalized spacial score (nSPS) is 14.6. The number of aromatic nitrogens is 1. The fourth-order valence-electron chi connectivity index (χ4n) is 5.24. The second-order valence-electron chi connectivity index (χ2n) is 10.2. The third kappa shape index (κ3) is 5.79. The van der Waals surface area contributed by atoms with Crippen LogP contribution in [0.25, 0.3) is 23.1 Å². The zero-order valence-electron chi connectivity index (χ0n) is 24.6. The van der Waals surface area contributed by atoms with Gasteiger partial charge in [-0.1, -0.05) is 59.9 Å². The van der Waals surface area contributed by atoms with Gasteiger partial charge in [0.15, 0.2) is 4.80 Å². The molecule has 0 bridgehead atoms. The summed E-state index contributed by atoms with van der Waals surface area (Å²) in [6, 6.07) is 24.4. The van der Waals surface area contributed by atoms with E-state index in [1.165, 1.54) is 28.0 Å². The molecule has 2 aromatic heterocycles. The van der Waals surface area contributed by atoms with Crippen LogP contribution in [0.5, 0.6) is 0 Å². The van der Waals surface area contributed by atoms with Crippen LogP contribution in [0.3, 0.4) is 0 Å². The SMILES string of the molecule is CCOC(=O)C1=C(c2ccccc2)N=c2s/c(=C\c3ccc(-c4cc([N+](=O)[O-])ccc4C)o3)c(=O)n2[C@H]1c1ccc(SC)cc1. The van der Waals surface area contributed by atoms with Gasteiger partial charge >= 0.3 is 5.97 Å². The van der Waals surface area contributed by atoms with E-state index < -0.39 is 16.9 Å². The van der Waals surface area contributed by atoms with Gasteiger partial charge in [-0.25, -0.2) is 9.79 Å². The zero-order valence-corrected chi connectivity index (χ0v) is 26.2. The van der Waals surface area contributed by atoms with Crippen LogP contribution in [-0.4, -0.2) is 28.3 Å². The van der Waals surface area contributed by atoms with Crippen molar-refractivity contribution in [3.8, 4) is 11.3 Å². The lowest BCUT2D eigenvalue weighted by atomic mass is 9.93. The van der Waals surface area contributed by atoms with Crippen molar-refractivity contribution in [3.05, 3.63) is 143 Å².